The van der Waals surface area contributed by atoms with E-state index in [0.717, 1.165) is 48.9 Å². The van der Waals surface area contributed by atoms with E-state index >= 15 is 0 Å². The lowest BCUT2D eigenvalue weighted by molar-refractivity contribution is 0.954. The summed E-state index contributed by atoms with van der Waals surface area (Å²) in [6.45, 7) is 0. The Balaban J connectivity index is 1.06. The van der Waals surface area contributed by atoms with Gasteiger partial charge in [0.25, 0.3) is 0 Å². The van der Waals surface area contributed by atoms with Gasteiger partial charge in [0.1, 0.15) is 0 Å². The molecule has 0 amide bonds. The third-order valence-electron chi connectivity index (χ3n) is 12.4. The smallest absolute Gasteiger partial charge is 0.238 e. The molecule has 9 aromatic carbocycles. The minimum Gasteiger partial charge on any atom is -0.308 e. The van der Waals surface area contributed by atoms with Gasteiger partial charge in [0.05, 0.1) is 26.8 Å². The molecule has 0 N–H and O–H groups in total. The molecule has 294 valence electrons. The second kappa shape index (κ2) is 14.2. The van der Waals surface area contributed by atoms with E-state index in [4.69, 9.17) is 15.0 Å². The van der Waals surface area contributed by atoms with Gasteiger partial charge in [0.2, 0.25) is 5.95 Å². The highest BCUT2D eigenvalue weighted by Gasteiger charge is 2.22. The summed E-state index contributed by atoms with van der Waals surface area (Å²) in [4.78, 5) is 16.0. The second-order valence-corrected chi connectivity index (χ2v) is 17.0. The number of benzene rings is 9. The van der Waals surface area contributed by atoms with E-state index in [1.165, 1.54) is 54.0 Å². The number of fused-ring (bicyclic) bond motifs is 10. The highest BCUT2D eigenvalue weighted by atomic mass is 32.1. The van der Waals surface area contributed by atoms with E-state index in [1.54, 1.807) is 0 Å². The molecular weight excluding hydrogens is 787 g/mol. The van der Waals surface area contributed by atoms with Crippen molar-refractivity contribution >= 4 is 75.1 Å². The number of hydrogen-bond donors (Lipinski definition) is 0. The number of nitrogens with zero attached hydrogens (tertiary/aromatic N) is 5. The first-order chi connectivity index (χ1) is 31.2. The van der Waals surface area contributed by atoms with E-state index in [1.807, 2.05) is 17.4 Å². The molecule has 4 aromatic heterocycles. The monoisotopic (exact) mass is 821 g/mol. The molecule has 0 unspecified atom stereocenters. The molecule has 0 saturated carbocycles. The molecule has 0 atom stereocenters. The number of para-hydroxylation sites is 3. The normalized spacial score (nSPS) is 11.8. The van der Waals surface area contributed by atoms with Crippen LogP contribution in [0.5, 0.6) is 0 Å². The van der Waals surface area contributed by atoms with Crippen LogP contribution in [0.4, 0.5) is 0 Å². The van der Waals surface area contributed by atoms with Gasteiger partial charge >= 0.3 is 0 Å². The average Bonchev–Trinajstić information content (AvgIpc) is 4.03. The van der Waals surface area contributed by atoms with Crippen molar-refractivity contribution in [1.29, 1.82) is 0 Å². The van der Waals surface area contributed by atoms with Gasteiger partial charge in [-0.2, -0.15) is 9.97 Å². The fourth-order valence-corrected chi connectivity index (χ4v) is 10.8. The van der Waals surface area contributed by atoms with E-state index in [2.05, 4.69) is 215 Å². The van der Waals surface area contributed by atoms with Gasteiger partial charge < -0.3 is 4.57 Å². The minimum absolute atomic E-state index is 0.582. The molecule has 13 aromatic rings. The molecule has 0 radical (unpaired) electrons. The first-order valence-corrected chi connectivity index (χ1v) is 22.0. The Bertz CT molecular complexity index is 3850. The Labute approximate surface area is 366 Å². The Morgan fingerprint density at radius 1 is 0.317 bits per heavy atom. The van der Waals surface area contributed by atoms with Gasteiger partial charge in [-0.1, -0.05) is 176 Å². The van der Waals surface area contributed by atoms with E-state index in [-0.39, 0.29) is 0 Å². The third kappa shape index (κ3) is 5.66. The lowest BCUT2D eigenvalue weighted by Gasteiger charge is -2.11. The molecule has 4 heterocycles. The highest BCUT2D eigenvalue weighted by Crippen LogP contribution is 2.46. The summed E-state index contributed by atoms with van der Waals surface area (Å²) < 4.78 is 7.01. The van der Waals surface area contributed by atoms with Gasteiger partial charge in [-0.3, -0.25) is 4.57 Å². The first-order valence-electron chi connectivity index (χ1n) is 21.2. The van der Waals surface area contributed by atoms with Crippen molar-refractivity contribution in [2.45, 2.75) is 0 Å². The van der Waals surface area contributed by atoms with Crippen molar-refractivity contribution in [1.82, 2.24) is 24.1 Å². The summed E-state index contributed by atoms with van der Waals surface area (Å²) >= 11 is 1.82. The Morgan fingerprint density at radius 3 is 1.51 bits per heavy atom. The van der Waals surface area contributed by atoms with Crippen molar-refractivity contribution < 1.29 is 0 Å². The summed E-state index contributed by atoms with van der Waals surface area (Å²) in [5.41, 5.74) is 12.2. The average molecular weight is 822 g/mol. The molecule has 6 heteroatoms. The topological polar surface area (TPSA) is 48.5 Å². The summed E-state index contributed by atoms with van der Waals surface area (Å²) in [5.74, 6) is 1.84. The molecule has 5 nitrogen and oxygen atoms in total. The van der Waals surface area contributed by atoms with Crippen molar-refractivity contribution in [2.75, 3.05) is 0 Å². The summed E-state index contributed by atoms with van der Waals surface area (Å²) in [7, 11) is 0. The van der Waals surface area contributed by atoms with Crippen LogP contribution in [0, 0.1) is 0 Å². The van der Waals surface area contributed by atoms with Crippen LogP contribution in [0.3, 0.4) is 0 Å². The van der Waals surface area contributed by atoms with E-state index in [0.29, 0.717) is 17.6 Å². The molecule has 13 rings (SSSR count). The Kier molecular flexibility index (Phi) is 8.01. The molecule has 0 fully saturated rings. The van der Waals surface area contributed by atoms with Crippen LogP contribution in [0.2, 0.25) is 0 Å². The van der Waals surface area contributed by atoms with Crippen molar-refractivity contribution in [3.8, 4) is 56.7 Å². The molecule has 0 aliphatic carbocycles. The van der Waals surface area contributed by atoms with E-state index < -0.39 is 0 Å². The summed E-state index contributed by atoms with van der Waals surface area (Å²) in [6, 6.07) is 75.5. The maximum Gasteiger partial charge on any atom is 0.238 e. The van der Waals surface area contributed by atoms with Crippen LogP contribution in [0.1, 0.15) is 0 Å². The van der Waals surface area contributed by atoms with Crippen LogP contribution in [-0.4, -0.2) is 24.1 Å². The van der Waals surface area contributed by atoms with Gasteiger partial charge in [-0.15, -0.1) is 11.3 Å². The summed E-state index contributed by atoms with van der Waals surface area (Å²) in [5, 5.41) is 7.16. The SMILES string of the molecule is c1ccc(-c2ccc(-c3nc(-c4cccc5c4sc4c5ccc5c6ccccc6n(-c6cccc(-c7ccccc7)c6)c54)nc(-n4c5ccccc5c5ccccc54)n3)cc2)cc1. The number of aromatic nitrogens is 5. The zero-order valence-corrected chi connectivity index (χ0v) is 34.7. The van der Waals surface area contributed by atoms with Crippen LogP contribution in [0.25, 0.3) is 120 Å². The van der Waals surface area contributed by atoms with Crippen molar-refractivity contribution in [2.24, 2.45) is 0 Å². The molecule has 0 aliphatic rings. The molecule has 63 heavy (non-hydrogen) atoms. The zero-order chi connectivity index (χ0) is 41.4. The number of rotatable bonds is 6. The van der Waals surface area contributed by atoms with E-state index in [9.17, 15) is 0 Å². The lowest BCUT2D eigenvalue weighted by Crippen LogP contribution is -2.06. The quantitative estimate of drug-likeness (QED) is 0.168. The molecule has 0 bridgehead atoms. The van der Waals surface area contributed by atoms with Crippen LogP contribution >= 0.6 is 11.3 Å². The minimum atomic E-state index is 0.582. The van der Waals surface area contributed by atoms with Crippen molar-refractivity contribution in [3.63, 3.8) is 0 Å². The first kappa shape index (κ1) is 35.6. The molecule has 0 spiro atoms. The van der Waals surface area contributed by atoms with Gasteiger partial charge in [-0.25, -0.2) is 4.98 Å². The lowest BCUT2D eigenvalue weighted by atomic mass is 10.0. The van der Waals surface area contributed by atoms with Gasteiger partial charge in [0.15, 0.2) is 11.6 Å². The molecule has 0 aliphatic heterocycles. The highest BCUT2D eigenvalue weighted by molar-refractivity contribution is 7.27. The van der Waals surface area contributed by atoms with Crippen LogP contribution < -0.4 is 0 Å². The van der Waals surface area contributed by atoms with Crippen LogP contribution in [-0.2, 0) is 0 Å². The summed E-state index contributed by atoms with van der Waals surface area (Å²) in [6.07, 6.45) is 0. The Hall–Kier alpha value is -8.19. The predicted octanol–water partition coefficient (Wildman–Crippen LogP) is 15.1. The van der Waals surface area contributed by atoms with Crippen molar-refractivity contribution in [3.05, 3.63) is 212 Å². The largest absolute Gasteiger partial charge is 0.308 e. The maximum absolute atomic E-state index is 5.40. The standard InChI is InChI=1S/C57H35N5S/c1-3-15-36(16-4-1)38-29-31-39(32-30-38)55-58-56(60-57(59-55)62-50-27-11-7-21-42(50)43-22-8-12-28-51(43)62)48-25-14-24-46-47-34-33-45-44-23-9-10-26-49(44)61(52(45)54(47)63-53(46)48)41-20-13-19-40(35-41)37-17-5-2-6-18-37/h1-35H. The number of hydrogen-bond acceptors (Lipinski definition) is 4. The predicted molar refractivity (Wildman–Crippen MR) is 263 cm³/mol. The number of thiophene rings is 1. The van der Waals surface area contributed by atoms with Gasteiger partial charge in [-0.05, 0) is 58.7 Å². The molecule has 0 saturated heterocycles. The van der Waals surface area contributed by atoms with Crippen LogP contribution in [0.15, 0.2) is 212 Å². The zero-order valence-electron chi connectivity index (χ0n) is 33.9. The second-order valence-electron chi connectivity index (χ2n) is 16.0. The van der Waals surface area contributed by atoms with Gasteiger partial charge in [0, 0.05) is 53.8 Å². The Morgan fingerprint density at radius 2 is 0.810 bits per heavy atom. The molecular formula is C57H35N5S. The fourth-order valence-electron chi connectivity index (χ4n) is 9.50. The third-order valence-corrected chi connectivity index (χ3v) is 13.7. The maximum atomic E-state index is 5.40. The fraction of sp³-hybridized carbons (Fsp3) is 0.